The number of hydrogen-bond acceptors (Lipinski definition) is 0. The van der Waals surface area contributed by atoms with Crippen LogP contribution < -0.4 is 31.8 Å². The molecule has 0 bridgehead atoms. The van der Waals surface area contributed by atoms with Gasteiger partial charge in [-0.3, -0.25) is 0 Å². The van der Waals surface area contributed by atoms with Crippen LogP contribution in [0.5, 0.6) is 0 Å². The minimum Gasteiger partial charge on any atom is -0.0721 e. The molecule has 2 aliphatic heterocycles. The minimum atomic E-state index is -2.00. The lowest BCUT2D eigenvalue weighted by Crippen LogP contribution is -2.33. The molecule has 280 valence electrons. The Labute approximate surface area is 344 Å². The molecule has 2 aliphatic rings. The fourth-order valence-corrected chi connectivity index (χ4v) is 22.6. The van der Waals surface area contributed by atoms with Crippen molar-refractivity contribution in [2.24, 2.45) is 0 Å². The van der Waals surface area contributed by atoms with Crippen molar-refractivity contribution in [3.05, 3.63) is 182 Å². The Morgan fingerprint density at radius 1 is 0.607 bits per heavy atom. The largest absolute Gasteiger partial charge is 0.377 e. The van der Waals surface area contributed by atoms with Gasteiger partial charge in [0.1, 0.15) is 0 Å². The summed E-state index contributed by atoms with van der Waals surface area (Å²) in [5.41, 5.74) is 2.55. The lowest BCUT2D eigenvalue weighted by Gasteiger charge is -2.34. The van der Waals surface area contributed by atoms with Crippen molar-refractivity contribution in [2.75, 3.05) is 12.3 Å². The predicted molar refractivity (Wildman–Crippen MR) is 260 cm³/mol. The second-order valence-electron chi connectivity index (χ2n) is 15.8. The molecule has 2 saturated heterocycles. The van der Waals surface area contributed by atoms with Crippen LogP contribution in [0.3, 0.4) is 0 Å². The van der Waals surface area contributed by atoms with Gasteiger partial charge in [-0.05, 0) is 124 Å². The molecule has 6 aromatic carbocycles. The average Bonchev–Trinajstić information content (AvgIpc) is 3.89. The van der Waals surface area contributed by atoms with Gasteiger partial charge in [-0.1, -0.05) is 160 Å². The van der Waals surface area contributed by atoms with E-state index in [-0.39, 0.29) is 15.8 Å². The molecule has 0 amide bonds. The van der Waals surface area contributed by atoms with Gasteiger partial charge in [-0.2, -0.15) is 0 Å². The summed E-state index contributed by atoms with van der Waals surface area (Å²) in [6.45, 7) is 4.87. The van der Waals surface area contributed by atoms with Crippen LogP contribution >= 0.6 is 30.1 Å². The molecular formula is C50H56B2P4+2. The normalized spacial score (nSPS) is 21.9. The highest BCUT2D eigenvalue weighted by Gasteiger charge is 2.51. The fraction of sp³-hybridized carbons (Fsp3) is 0.280. The fourth-order valence-electron chi connectivity index (χ4n) is 9.29. The van der Waals surface area contributed by atoms with E-state index in [1.54, 1.807) is 5.30 Å². The van der Waals surface area contributed by atoms with E-state index in [0.717, 1.165) is 12.1 Å². The van der Waals surface area contributed by atoms with Crippen molar-refractivity contribution in [3.8, 4) is 0 Å². The zero-order chi connectivity index (χ0) is 38.8. The van der Waals surface area contributed by atoms with Crippen molar-refractivity contribution in [1.29, 1.82) is 0 Å². The Bertz CT molecular complexity index is 1960. The summed E-state index contributed by atoms with van der Waals surface area (Å²) in [5, 5.41) is 8.62. The highest BCUT2D eigenvalue weighted by atomic mass is 31.2. The number of hydrogen-bond donors (Lipinski definition) is 0. The van der Waals surface area contributed by atoms with Gasteiger partial charge < -0.3 is 0 Å². The van der Waals surface area contributed by atoms with Gasteiger partial charge in [0.2, 0.25) is 0 Å². The molecule has 0 nitrogen and oxygen atoms in total. The van der Waals surface area contributed by atoms with Crippen LogP contribution in [0.2, 0.25) is 0 Å². The average molecular weight is 803 g/mol. The van der Waals surface area contributed by atoms with Crippen molar-refractivity contribution >= 4 is 77.1 Å². The minimum absolute atomic E-state index is 0.0116. The van der Waals surface area contributed by atoms with Crippen LogP contribution in [0.15, 0.2) is 182 Å². The third-order valence-corrected chi connectivity index (χ3v) is 26.1. The second-order valence-corrected chi connectivity index (χ2v) is 28.1. The molecule has 2 heterocycles. The molecule has 0 saturated carbocycles. The lowest BCUT2D eigenvalue weighted by molar-refractivity contribution is 0.704. The smallest absolute Gasteiger partial charge is 0.0721 e. The number of benzene rings is 6. The molecule has 2 fully saturated rings. The van der Waals surface area contributed by atoms with E-state index in [2.05, 4.69) is 196 Å². The molecule has 6 aromatic rings. The van der Waals surface area contributed by atoms with E-state index in [9.17, 15) is 0 Å². The molecular weight excluding hydrogens is 746 g/mol. The maximum absolute atomic E-state index is 7.37. The Morgan fingerprint density at radius 3 is 1.59 bits per heavy atom. The SMILES string of the molecule is C[C@@H](C[C@H]1CCC[P@]1c1ccccc1)P(c1ccccc1)c1ccccc1.[B][P+]1(c2ccccc2)CCC[C@@H]1C[C@H](C)[P+]([B])(c1ccccc1)c1ccccc1. The maximum atomic E-state index is 7.37. The summed E-state index contributed by atoms with van der Waals surface area (Å²) < 4.78 is 0. The summed E-state index contributed by atoms with van der Waals surface area (Å²) in [6, 6.07) is 66.1. The summed E-state index contributed by atoms with van der Waals surface area (Å²) in [6.07, 6.45) is 10.3. The lowest BCUT2D eigenvalue weighted by atomic mass is 10.2. The summed E-state index contributed by atoms with van der Waals surface area (Å²) >= 11 is 0. The van der Waals surface area contributed by atoms with Crippen LogP contribution in [-0.4, -0.2) is 50.1 Å². The Morgan fingerprint density at radius 2 is 1.07 bits per heavy atom. The Kier molecular flexibility index (Phi) is 14.6. The highest BCUT2D eigenvalue weighted by Crippen LogP contribution is 2.68. The van der Waals surface area contributed by atoms with Gasteiger partial charge in [0, 0.05) is 19.7 Å². The first-order valence-electron chi connectivity index (χ1n) is 20.6. The van der Waals surface area contributed by atoms with E-state index in [4.69, 9.17) is 15.1 Å². The van der Waals surface area contributed by atoms with Crippen molar-refractivity contribution < 1.29 is 0 Å². The predicted octanol–water partition coefficient (Wildman–Crippen LogP) is 11.0. The first-order valence-corrected chi connectivity index (χ1v) is 27.6. The van der Waals surface area contributed by atoms with Gasteiger partial charge in [-0.15, -0.1) is 0 Å². The van der Waals surface area contributed by atoms with E-state index >= 15 is 0 Å². The molecule has 56 heavy (non-hydrogen) atoms. The monoisotopic (exact) mass is 802 g/mol. The van der Waals surface area contributed by atoms with Crippen LogP contribution in [0, 0.1) is 0 Å². The first-order chi connectivity index (χ1) is 27.4. The topological polar surface area (TPSA) is 0 Å². The molecule has 1 unspecified atom stereocenters. The Balaban J connectivity index is 0.000000172. The molecule has 4 radical (unpaired) electrons. The van der Waals surface area contributed by atoms with E-state index in [1.165, 1.54) is 71.0 Å². The van der Waals surface area contributed by atoms with Gasteiger partial charge in [-0.25, -0.2) is 0 Å². The summed E-state index contributed by atoms with van der Waals surface area (Å²) in [7, 11) is 10.6. The molecule has 6 heteroatoms. The third kappa shape index (κ3) is 9.54. The van der Waals surface area contributed by atoms with E-state index < -0.39 is 14.3 Å². The molecule has 0 N–H and O–H groups in total. The van der Waals surface area contributed by atoms with Gasteiger partial charge in [0.05, 0.1) is 27.2 Å². The second kappa shape index (κ2) is 19.7. The third-order valence-electron chi connectivity index (χ3n) is 12.2. The van der Waals surface area contributed by atoms with Crippen LogP contribution in [0.4, 0.5) is 0 Å². The van der Waals surface area contributed by atoms with Crippen LogP contribution in [0.1, 0.15) is 52.4 Å². The molecule has 0 spiro atoms. The van der Waals surface area contributed by atoms with Gasteiger partial charge in [0.25, 0.3) is 0 Å². The zero-order valence-corrected chi connectivity index (χ0v) is 36.8. The number of rotatable bonds is 12. The van der Waals surface area contributed by atoms with Gasteiger partial charge in [0.15, 0.2) is 0 Å². The Hall–Kier alpha value is -2.83. The summed E-state index contributed by atoms with van der Waals surface area (Å²) in [5.74, 6) is 0. The van der Waals surface area contributed by atoms with Gasteiger partial charge >= 0.3 is 15.1 Å². The van der Waals surface area contributed by atoms with Crippen LogP contribution in [-0.2, 0) is 0 Å². The van der Waals surface area contributed by atoms with Crippen molar-refractivity contribution in [1.82, 2.24) is 0 Å². The first kappa shape index (κ1) is 41.3. The van der Waals surface area contributed by atoms with Crippen molar-refractivity contribution in [2.45, 2.75) is 75.0 Å². The quantitative estimate of drug-likeness (QED) is 0.0854. The molecule has 0 aliphatic carbocycles. The van der Waals surface area contributed by atoms with E-state index in [1.807, 2.05) is 0 Å². The van der Waals surface area contributed by atoms with Crippen molar-refractivity contribution in [3.63, 3.8) is 0 Å². The molecule has 8 rings (SSSR count). The molecule has 6 atom stereocenters. The standard InChI is InChI=1S/C25H28B2P2.C25H28P2/c1-21(20-25-18-11-19-28(25,26)22-12-5-2-6-13-22)29(27,23-14-7-3-8-15-23)24-16-9-4-10-17-24;1-21(20-25-18-11-19-26(25)22-12-5-2-6-13-22)27(23-14-7-3-8-15-23)24-16-9-4-10-17-24/h2-10,12-17,21,25H,11,18-20H2,1H3;2-10,12-17,21,25H,11,18-20H2,1H3/q+2;/t21-,25+,28?;21-,25+,26+/m00/s1. The highest BCUT2D eigenvalue weighted by molar-refractivity contribution is 8.09. The zero-order valence-electron chi connectivity index (χ0n) is 33.2. The van der Waals surface area contributed by atoms with Crippen LogP contribution in [0.25, 0.3) is 0 Å². The maximum Gasteiger partial charge on any atom is 0.377 e. The van der Waals surface area contributed by atoms with E-state index in [0.29, 0.717) is 17.0 Å². The summed E-state index contributed by atoms with van der Waals surface area (Å²) in [4.78, 5) is 0. The molecule has 0 aromatic heterocycles.